The van der Waals surface area contributed by atoms with E-state index in [1.54, 1.807) is 11.8 Å². The molecule has 0 aromatic heterocycles. The lowest BCUT2D eigenvalue weighted by Crippen LogP contribution is -2.28. The van der Waals surface area contributed by atoms with Crippen LogP contribution in [0.25, 0.3) is 0 Å². The molecule has 1 fully saturated rings. The Labute approximate surface area is 117 Å². The summed E-state index contributed by atoms with van der Waals surface area (Å²) in [5, 5.41) is 0.0924. The molecule has 3 heteroatoms. The summed E-state index contributed by atoms with van der Waals surface area (Å²) in [5.74, 6) is 0.738. The van der Waals surface area contributed by atoms with Crippen molar-refractivity contribution in [2.75, 3.05) is 10.7 Å². The van der Waals surface area contributed by atoms with Gasteiger partial charge < -0.3 is 0 Å². The van der Waals surface area contributed by atoms with E-state index in [1.807, 2.05) is 54.3 Å². The number of anilines is 1. The minimum Gasteiger partial charge on any atom is -0.295 e. The van der Waals surface area contributed by atoms with Crippen molar-refractivity contribution >= 4 is 23.4 Å². The number of carbonyl (C=O) groups excluding carboxylic acids is 1. The summed E-state index contributed by atoms with van der Waals surface area (Å²) in [5.41, 5.74) is 3.34. The second-order valence-corrected chi connectivity index (χ2v) is 5.69. The zero-order chi connectivity index (χ0) is 13.2. The van der Waals surface area contributed by atoms with Gasteiger partial charge in [-0.1, -0.05) is 48.5 Å². The Bertz CT molecular complexity index is 597. The number of aryl methyl sites for hydroxylation is 1. The Morgan fingerprint density at radius 2 is 1.74 bits per heavy atom. The zero-order valence-electron chi connectivity index (χ0n) is 10.7. The van der Waals surface area contributed by atoms with Crippen molar-refractivity contribution in [3.63, 3.8) is 0 Å². The van der Waals surface area contributed by atoms with Gasteiger partial charge in [0.05, 0.1) is 5.75 Å². The summed E-state index contributed by atoms with van der Waals surface area (Å²) in [6.45, 7) is 2.05. The molecule has 19 heavy (non-hydrogen) atoms. The second-order valence-electron chi connectivity index (χ2n) is 4.62. The topological polar surface area (TPSA) is 20.3 Å². The molecule has 96 valence electrons. The van der Waals surface area contributed by atoms with Gasteiger partial charge in [-0.15, -0.1) is 11.8 Å². The van der Waals surface area contributed by atoms with Gasteiger partial charge in [-0.2, -0.15) is 0 Å². The summed E-state index contributed by atoms with van der Waals surface area (Å²) in [6, 6.07) is 18.3. The van der Waals surface area contributed by atoms with Gasteiger partial charge in [-0.05, 0) is 24.1 Å². The fourth-order valence-corrected chi connectivity index (χ4v) is 3.55. The number of para-hydroxylation sites is 1. The van der Waals surface area contributed by atoms with Gasteiger partial charge in [0.25, 0.3) is 0 Å². The predicted molar refractivity (Wildman–Crippen MR) is 80.3 cm³/mol. The lowest BCUT2D eigenvalue weighted by atomic mass is 10.1. The highest BCUT2D eigenvalue weighted by Gasteiger charge is 2.34. The zero-order valence-corrected chi connectivity index (χ0v) is 11.6. The van der Waals surface area contributed by atoms with E-state index >= 15 is 0 Å². The van der Waals surface area contributed by atoms with Crippen LogP contribution in [0, 0.1) is 6.92 Å². The minimum absolute atomic E-state index is 0.0924. The molecular formula is C16H15NOS. The predicted octanol–water partition coefficient (Wildman–Crippen LogP) is 3.77. The van der Waals surface area contributed by atoms with Gasteiger partial charge in [0.2, 0.25) is 5.91 Å². The fourth-order valence-electron chi connectivity index (χ4n) is 2.38. The number of carbonyl (C=O) groups is 1. The summed E-state index contributed by atoms with van der Waals surface area (Å²) < 4.78 is 0. The molecule has 1 heterocycles. The normalized spacial score (nSPS) is 18.9. The third-order valence-corrected chi connectivity index (χ3v) is 4.54. The Kier molecular flexibility index (Phi) is 3.30. The van der Waals surface area contributed by atoms with Crippen LogP contribution < -0.4 is 4.90 Å². The molecule has 2 aromatic carbocycles. The van der Waals surface area contributed by atoms with Crippen molar-refractivity contribution in [2.24, 2.45) is 0 Å². The summed E-state index contributed by atoms with van der Waals surface area (Å²) in [6.07, 6.45) is 0. The van der Waals surface area contributed by atoms with Gasteiger partial charge in [0.15, 0.2) is 0 Å². The van der Waals surface area contributed by atoms with Gasteiger partial charge in [-0.3, -0.25) is 9.69 Å². The van der Waals surface area contributed by atoms with Crippen LogP contribution in [0.15, 0.2) is 54.6 Å². The maximum Gasteiger partial charge on any atom is 0.238 e. The van der Waals surface area contributed by atoms with Crippen LogP contribution in [0.1, 0.15) is 16.5 Å². The second kappa shape index (κ2) is 5.10. The molecule has 1 aliphatic rings. The first-order chi connectivity index (χ1) is 9.27. The molecule has 1 atom stereocenters. The van der Waals surface area contributed by atoms with E-state index in [-0.39, 0.29) is 11.3 Å². The van der Waals surface area contributed by atoms with Crippen molar-refractivity contribution in [1.29, 1.82) is 0 Å². The van der Waals surface area contributed by atoms with Crippen molar-refractivity contribution in [3.8, 4) is 0 Å². The van der Waals surface area contributed by atoms with Gasteiger partial charge in [0.1, 0.15) is 5.37 Å². The van der Waals surface area contributed by atoms with Crippen molar-refractivity contribution in [1.82, 2.24) is 0 Å². The number of nitrogens with zero attached hydrogens (tertiary/aromatic N) is 1. The molecule has 0 aliphatic carbocycles. The SMILES string of the molecule is Cc1ccccc1N1C(=O)CS[C@@H]1c1ccccc1. The monoisotopic (exact) mass is 269 g/mol. The Balaban J connectivity index is 2.03. The number of hydrogen-bond donors (Lipinski definition) is 0. The number of thioether (sulfide) groups is 1. The van der Waals surface area contributed by atoms with Crippen molar-refractivity contribution < 1.29 is 4.79 Å². The molecule has 0 saturated carbocycles. The summed E-state index contributed by atoms with van der Waals surface area (Å²) >= 11 is 1.69. The largest absolute Gasteiger partial charge is 0.295 e. The smallest absolute Gasteiger partial charge is 0.238 e. The lowest BCUT2D eigenvalue weighted by molar-refractivity contribution is -0.115. The first kappa shape index (κ1) is 12.3. The highest BCUT2D eigenvalue weighted by molar-refractivity contribution is 8.00. The first-order valence-electron chi connectivity index (χ1n) is 6.31. The maximum absolute atomic E-state index is 12.2. The van der Waals surface area contributed by atoms with Crippen LogP contribution >= 0.6 is 11.8 Å². The number of rotatable bonds is 2. The molecule has 0 spiro atoms. The lowest BCUT2D eigenvalue weighted by Gasteiger charge is -2.25. The van der Waals surface area contributed by atoms with Crippen LogP contribution in [-0.2, 0) is 4.79 Å². The van der Waals surface area contributed by atoms with Gasteiger partial charge in [-0.25, -0.2) is 0 Å². The molecule has 2 aromatic rings. The van der Waals surface area contributed by atoms with E-state index in [0.29, 0.717) is 5.75 Å². The van der Waals surface area contributed by atoms with Crippen LogP contribution in [-0.4, -0.2) is 11.7 Å². The van der Waals surface area contributed by atoms with E-state index in [0.717, 1.165) is 11.3 Å². The molecule has 1 aliphatic heterocycles. The van der Waals surface area contributed by atoms with Crippen molar-refractivity contribution in [3.05, 3.63) is 65.7 Å². The molecule has 0 bridgehead atoms. The quantitative estimate of drug-likeness (QED) is 0.827. The molecule has 2 nitrogen and oxygen atoms in total. The Morgan fingerprint density at radius 1 is 1.05 bits per heavy atom. The number of amides is 1. The molecule has 0 radical (unpaired) electrons. The minimum atomic E-state index is 0.0924. The molecule has 0 unspecified atom stereocenters. The molecule has 0 N–H and O–H groups in total. The molecular weight excluding hydrogens is 254 g/mol. The summed E-state index contributed by atoms with van der Waals surface area (Å²) in [7, 11) is 0. The van der Waals surface area contributed by atoms with E-state index in [9.17, 15) is 4.79 Å². The molecule has 1 amide bonds. The molecule has 1 saturated heterocycles. The van der Waals surface area contributed by atoms with E-state index in [2.05, 4.69) is 12.1 Å². The van der Waals surface area contributed by atoms with Crippen LogP contribution in [0.5, 0.6) is 0 Å². The van der Waals surface area contributed by atoms with Gasteiger partial charge >= 0.3 is 0 Å². The highest BCUT2D eigenvalue weighted by Crippen LogP contribution is 2.42. The van der Waals surface area contributed by atoms with Crippen molar-refractivity contribution in [2.45, 2.75) is 12.3 Å². The third-order valence-electron chi connectivity index (χ3n) is 3.33. The highest BCUT2D eigenvalue weighted by atomic mass is 32.2. The van der Waals surface area contributed by atoms with Crippen LogP contribution in [0.2, 0.25) is 0 Å². The molecule has 3 rings (SSSR count). The number of benzene rings is 2. The fraction of sp³-hybridized carbons (Fsp3) is 0.188. The summed E-state index contributed by atoms with van der Waals surface area (Å²) in [4.78, 5) is 14.1. The Morgan fingerprint density at radius 3 is 2.47 bits per heavy atom. The van der Waals surface area contributed by atoms with Gasteiger partial charge in [0, 0.05) is 5.69 Å². The Hall–Kier alpha value is -1.74. The van der Waals surface area contributed by atoms with Crippen LogP contribution in [0.3, 0.4) is 0 Å². The van der Waals surface area contributed by atoms with E-state index in [1.165, 1.54) is 5.56 Å². The van der Waals surface area contributed by atoms with E-state index in [4.69, 9.17) is 0 Å². The number of hydrogen-bond acceptors (Lipinski definition) is 2. The standard InChI is InChI=1S/C16H15NOS/c1-12-7-5-6-10-14(12)17-15(18)11-19-16(17)13-8-3-2-4-9-13/h2-10,16H,11H2,1H3/t16-/m1/s1. The maximum atomic E-state index is 12.2. The average molecular weight is 269 g/mol. The first-order valence-corrected chi connectivity index (χ1v) is 7.36. The third kappa shape index (κ3) is 2.26. The average Bonchev–Trinajstić information content (AvgIpc) is 2.82. The van der Waals surface area contributed by atoms with Crippen LogP contribution in [0.4, 0.5) is 5.69 Å². The van der Waals surface area contributed by atoms with E-state index < -0.39 is 0 Å².